The Morgan fingerprint density at radius 1 is 1.35 bits per heavy atom. The van der Waals surface area contributed by atoms with Crippen LogP contribution < -0.4 is 5.73 Å². The van der Waals surface area contributed by atoms with Gasteiger partial charge < -0.3 is 10.5 Å². The van der Waals surface area contributed by atoms with Gasteiger partial charge in [-0.1, -0.05) is 6.07 Å². The summed E-state index contributed by atoms with van der Waals surface area (Å²) < 4.78 is 7.28. The molecule has 6 heteroatoms. The largest absolute Gasteiger partial charge is 0.399 e. The van der Waals surface area contributed by atoms with E-state index in [0.717, 1.165) is 55.2 Å². The van der Waals surface area contributed by atoms with E-state index in [-0.39, 0.29) is 0 Å². The molecule has 2 heterocycles. The van der Waals surface area contributed by atoms with E-state index in [1.54, 1.807) is 0 Å². The zero-order valence-corrected chi connectivity index (χ0v) is 11.6. The van der Waals surface area contributed by atoms with Gasteiger partial charge in [0.25, 0.3) is 0 Å². The van der Waals surface area contributed by atoms with Crippen LogP contribution in [0.2, 0.25) is 0 Å². The van der Waals surface area contributed by atoms with Crippen LogP contribution in [0.25, 0.3) is 11.4 Å². The molecule has 1 saturated heterocycles. The van der Waals surface area contributed by atoms with Crippen molar-refractivity contribution in [2.75, 3.05) is 18.9 Å². The monoisotopic (exact) mass is 273 g/mol. The van der Waals surface area contributed by atoms with Crippen molar-refractivity contribution in [3.05, 3.63) is 23.8 Å². The number of tetrazole rings is 1. The predicted octanol–water partition coefficient (Wildman–Crippen LogP) is 1.66. The van der Waals surface area contributed by atoms with E-state index in [0.29, 0.717) is 5.92 Å². The summed E-state index contributed by atoms with van der Waals surface area (Å²) in [5, 5.41) is 12.1. The lowest BCUT2D eigenvalue weighted by Gasteiger charge is -2.22. The molecule has 0 atom stereocenters. The molecule has 0 bridgehead atoms. The lowest BCUT2D eigenvalue weighted by molar-refractivity contribution is 0.0601. The van der Waals surface area contributed by atoms with Gasteiger partial charge in [0, 0.05) is 31.0 Å². The fourth-order valence-corrected chi connectivity index (χ4v) is 2.57. The fraction of sp³-hybridized carbons (Fsp3) is 0.500. The molecule has 1 aromatic carbocycles. The highest BCUT2D eigenvalue weighted by Crippen LogP contribution is 2.25. The molecule has 1 aromatic heterocycles. The van der Waals surface area contributed by atoms with Crippen LogP contribution in [0, 0.1) is 12.8 Å². The van der Waals surface area contributed by atoms with Crippen LogP contribution in [0.5, 0.6) is 0 Å². The maximum absolute atomic E-state index is 5.87. The molecule has 2 aromatic rings. The first-order valence-electron chi connectivity index (χ1n) is 6.94. The summed E-state index contributed by atoms with van der Waals surface area (Å²) in [5.74, 6) is 1.37. The van der Waals surface area contributed by atoms with Gasteiger partial charge in [-0.3, -0.25) is 0 Å². The average molecular weight is 273 g/mol. The third kappa shape index (κ3) is 2.65. The number of aromatic nitrogens is 4. The van der Waals surface area contributed by atoms with Crippen molar-refractivity contribution in [1.29, 1.82) is 0 Å². The van der Waals surface area contributed by atoms with Gasteiger partial charge in [0.15, 0.2) is 5.82 Å². The van der Waals surface area contributed by atoms with Crippen molar-refractivity contribution in [3.8, 4) is 11.4 Å². The van der Waals surface area contributed by atoms with E-state index >= 15 is 0 Å². The van der Waals surface area contributed by atoms with Crippen LogP contribution in [-0.4, -0.2) is 33.4 Å². The second-order valence-corrected chi connectivity index (χ2v) is 5.31. The first-order valence-corrected chi connectivity index (χ1v) is 6.94. The number of anilines is 1. The summed E-state index contributed by atoms with van der Waals surface area (Å²) in [7, 11) is 0. The highest BCUT2D eigenvalue weighted by molar-refractivity contribution is 5.65. The Hall–Kier alpha value is -1.95. The Kier molecular flexibility index (Phi) is 3.64. The molecular formula is C14H19N5O. The van der Waals surface area contributed by atoms with Gasteiger partial charge in [0.05, 0.1) is 0 Å². The van der Waals surface area contributed by atoms with Crippen LogP contribution in [0.3, 0.4) is 0 Å². The minimum Gasteiger partial charge on any atom is -0.399 e. The topological polar surface area (TPSA) is 78.9 Å². The Labute approximate surface area is 117 Å². The van der Waals surface area contributed by atoms with Crippen molar-refractivity contribution < 1.29 is 4.74 Å². The fourth-order valence-electron chi connectivity index (χ4n) is 2.57. The summed E-state index contributed by atoms with van der Waals surface area (Å²) in [6, 6.07) is 5.82. The van der Waals surface area contributed by atoms with Gasteiger partial charge in [0.2, 0.25) is 0 Å². The Bertz CT molecular complexity index is 589. The molecule has 3 rings (SSSR count). The van der Waals surface area contributed by atoms with Crippen molar-refractivity contribution in [2.45, 2.75) is 26.3 Å². The summed E-state index contributed by atoms with van der Waals surface area (Å²) >= 11 is 0. The third-order valence-electron chi connectivity index (χ3n) is 3.81. The van der Waals surface area contributed by atoms with Crippen molar-refractivity contribution >= 4 is 5.69 Å². The smallest absolute Gasteiger partial charge is 0.182 e. The minimum atomic E-state index is 0.576. The van der Waals surface area contributed by atoms with Crippen LogP contribution >= 0.6 is 0 Å². The van der Waals surface area contributed by atoms with E-state index in [4.69, 9.17) is 10.5 Å². The zero-order chi connectivity index (χ0) is 13.9. The quantitative estimate of drug-likeness (QED) is 0.860. The van der Waals surface area contributed by atoms with E-state index in [1.807, 2.05) is 29.8 Å². The standard InChI is InChI=1S/C14H19N5O/c1-10-2-3-12(15)8-13(10)14-16-17-18-19(14)9-11-4-6-20-7-5-11/h2-3,8,11H,4-7,9,15H2,1H3. The molecule has 0 spiro atoms. The second-order valence-electron chi connectivity index (χ2n) is 5.31. The van der Waals surface area contributed by atoms with Crippen molar-refractivity contribution in [1.82, 2.24) is 20.2 Å². The van der Waals surface area contributed by atoms with Gasteiger partial charge in [-0.15, -0.1) is 5.10 Å². The first-order chi connectivity index (χ1) is 9.74. The molecule has 0 radical (unpaired) electrons. The second kappa shape index (κ2) is 5.58. The summed E-state index contributed by atoms with van der Waals surface area (Å²) in [6.07, 6.45) is 2.13. The number of nitrogens with two attached hydrogens (primary N) is 1. The molecule has 0 aliphatic carbocycles. The molecule has 1 aliphatic heterocycles. The van der Waals surface area contributed by atoms with Gasteiger partial charge in [0.1, 0.15) is 0 Å². The number of ether oxygens (including phenoxy) is 1. The lowest BCUT2D eigenvalue weighted by atomic mass is 10.0. The van der Waals surface area contributed by atoms with Crippen LogP contribution in [0.1, 0.15) is 18.4 Å². The number of rotatable bonds is 3. The zero-order valence-electron chi connectivity index (χ0n) is 11.6. The molecule has 0 saturated carbocycles. The normalized spacial score (nSPS) is 16.4. The molecule has 6 nitrogen and oxygen atoms in total. The maximum atomic E-state index is 5.87. The van der Waals surface area contributed by atoms with E-state index < -0.39 is 0 Å². The van der Waals surface area contributed by atoms with E-state index in [9.17, 15) is 0 Å². The number of benzene rings is 1. The van der Waals surface area contributed by atoms with E-state index in [1.165, 1.54) is 0 Å². The summed E-state index contributed by atoms with van der Waals surface area (Å²) in [5.41, 5.74) is 8.73. The summed E-state index contributed by atoms with van der Waals surface area (Å²) in [4.78, 5) is 0. The number of nitrogens with zero attached hydrogens (tertiary/aromatic N) is 4. The molecule has 0 unspecified atom stereocenters. The first kappa shape index (κ1) is 13.1. The van der Waals surface area contributed by atoms with Crippen molar-refractivity contribution in [2.24, 2.45) is 5.92 Å². The average Bonchev–Trinajstić information content (AvgIpc) is 2.91. The van der Waals surface area contributed by atoms with Gasteiger partial charge in [-0.25, -0.2) is 4.68 Å². The highest BCUT2D eigenvalue weighted by atomic mass is 16.5. The molecule has 1 fully saturated rings. The Morgan fingerprint density at radius 2 is 2.15 bits per heavy atom. The van der Waals surface area contributed by atoms with Gasteiger partial charge >= 0.3 is 0 Å². The van der Waals surface area contributed by atoms with Gasteiger partial charge in [-0.05, 0) is 53.8 Å². The van der Waals surface area contributed by atoms with Crippen LogP contribution in [-0.2, 0) is 11.3 Å². The SMILES string of the molecule is Cc1ccc(N)cc1-c1nnnn1CC1CCOCC1. The van der Waals surface area contributed by atoms with Crippen LogP contribution in [0.15, 0.2) is 18.2 Å². The maximum Gasteiger partial charge on any atom is 0.182 e. The van der Waals surface area contributed by atoms with Crippen LogP contribution in [0.4, 0.5) is 5.69 Å². The number of hydrogen-bond donors (Lipinski definition) is 1. The molecule has 20 heavy (non-hydrogen) atoms. The molecule has 106 valence electrons. The number of hydrogen-bond acceptors (Lipinski definition) is 5. The number of aryl methyl sites for hydroxylation is 1. The molecule has 1 aliphatic rings. The minimum absolute atomic E-state index is 0.576. The molecule has 0 amide bonds. The molecular weight excluding hydrogens is 254 g/mol. The Morgan fingerprint density at radius 3 is 2.95 bits per heavy atom. The number of nitrogen functional groups attached to an aromatic ring is 1. The van der Waals surface area contributed by atoms with Gasteiger partial charge in [-0.2, -0.15) is 0 Å². The lowest BCUT2D eigenvalue weighted by Crippen LogP contribution is -2.21. The third-order valence-corrected chi connectivity index (χ3v) is 3.81. The summed E-state index contributed by atoms with van der Waals surface area (Å²) in [6.45, 7) is 4.54. The highest BCUT2D eigenvalue weighted by Gasteiger charge is 2.18. The predicted molar refractivity (Wildman–Crippen MR) is 75.9 cm³/mol. The van der Waals surface area contributed by atoms with E-state index in [2.05, 4.69) is 15.5 Å². The van der Waals surface area contributed by atoms with Crippen molar-refractivity contribution in [3.63, 3.8) is 0 Å². The molecule has 2 N–H and O–H groups in total. The Balaban J connectivity index is 1.87.